The second-order valence-electron chi connectivity index (χ2n) is 5.87. The van der Waals surface area contributed by atoms with Crippen molar-refractivity contribution in [1.82, 2.24) is 0 Å². The molecule has 0 amide bonds. The van der Waals surface area contributed by atoms with E-state index in [0.29, 0.717) is 0 Å². The Hall–Kier alpha value is -1.08. The summed E-state index contributed by atoms with van der Waals surface area (Å²) < 4.78 is 0. The summed E-state index contributed by atoms with van der Waals surface area (Å²) in [5.41, 5.74) is 5.60. The molecule has 0 N–H and O–H groups in total. The largest absolute Gasteiger partial charge is 0.0928 e. The summed E-state index contributed by atoms with van der Waals surface area (Å²) in [7, 11) is 0. The highest BCUT2D eigenvalue weighted by molar-refractivity contribution is 9.09. The van der Waals surface area contributed by atoms with E-state index < -0.39 is 0 Å². The van der Waals surface area contributed by atoms with E-state index in [0.717, 1.165) is 5.33 Å². The molecule has 0 saturated heterocycles. The van der Waals surface area contributed by atoms with Gasteiger partial charge in [-0.05, 0) is 50.7 Å². The quantitative estimate of drug-likeness (QED) is 0.505. The summed E-state index contributed by atoms with van der Waals surface area (Å²) in [6.07, 6.45) is 6.24. The van der Waals surface area contributed by atoms with Gasteiger partial charge >= 0.3 is 0 Å². The van der Waals surface area contributed by atoms with Crippen LogP contribution in [0.1, 0.15) is 48.4 Å². The van der Waals surface area contributed by atoms with Gasteiger partial charge in [0.25, 0.3) is 0 Å². The van der Waals surface area contributed by atoms with Gasteiger partial charge in [-0.1, -0.05) is 88.9 Å². The number of benzene rings is 2. The second kappa shape index (κ2) is 11.5. The normalized spacial score (nSPS) is 10.0. The van der Waals surface area contributed by atoms with Crippen LogP contribution in [0.2, 0.25) is 0 Å². The van der Waals surface area contributed by atoms with Gasteiger partial charge in [0.05, 0.1) is 0 Å². The average molecular weight is 361 g/mol. The van der Waals surface area contributed by atoms with Gasteiger partial charge in [0.2, 0.25) is 0 Å². The van der Waals surface area contributed by atoms with Gasteiger partial charge in [-0.2, -0.15) is 0 Å². The zero-order valence-corrected chi connectivity index (χ0v) is 15.8. The Balaban J connectivity index is 0.000000220. The molecule has 22 heavy (non-hydrogen) atoms. The van der Waals surface area contributed by atoms with E-state index in [-0.39, 0.29) is 0 Å². The smallest absolute Gasteiger partial charge is 0.00344 e. The Morgan fingerprint density at radius 3 is 1.45 bits per heavy atom. The molecule has 0 aromatic heterocycles. The molecule has 0 heterocycles. The van der Waals surface area contributed by atoms with Gasteiger partial charge in [0, 0.05) is 5.33 Å². The maximum Gasteiger partial charge on any atom is 0.00344 e. The fraction of sp³-hybridized carbons (Fsp3) is 0.429. The first-order chi connectivity index (χ1) is 10.7. The van der Waals surface area contributed by atoms with Crippen molar-refractivity contribution in [3.8, 4) is 0 Å². The van der Waals surface area contributed by atoms with Crippen LogP contribution < -0.4 is 0 Å². The van der Waals surface area contributed by atoms with Crippen molar-refractivity contribution in [2.45, 2.75) is 52.9 Å². The van der Waals surface area contributed by atoms with E-state index in [9.17, 15) is 0 Å². The SMILES string of the molecule is CCCCc1ccc(C)cc1.Cc1ccc(CCCBr)cc1. The maximum absolute atomic E-state index is 3.42. The Morgan fingerprint density at radius 2 is 1.09 bits per heavy atom. The molecule has 0 saturated carbocycles. The van der Waals surface area contributed by atoms with Gasteiger partial charge in [-0.3, -0.25) is 0 Å². The lowest BCUT2D eigenvalue weighted by molar-refractivity contribution is 0.795. The molecule has 0 aliphatic heterocycles. The summed E-state index contributed by atoms with van der Waals surface area (Å²) in [4.78, 5) is 0. The minimum atomic E-state index is 1.10. The molecule has 0 fully saturated rings. The number of hydrogen-bond donors (Lipinski definition) is 0. The van der Waals surface area contributed by atoms with Crippen molar-refractivity contribution < 1.29 is 0 Å². The van der Waals surface area contributed by atoms with Crippen molar-refractivity contribution >= 4 is 15.9 Å². The van der Waals surface area contributed by atoms with Crippen molar-refractivity contribution in [1.29, 1.82) is 0 Å². The fourth-order valence-electron chi connectivity index (χ4n) is 2.16. The Morgan fingerprint density at radius 1 is 0.682 bits per heavy atom. The molecule has 0 nitrogen and oxygen atoms in total. The van der Waals surface area contributed by atoms with Gasteiger partial charge in [-0.25, -0.2) is 0 Å². The third kappa shape index (κ3) is 8.38. The summed E-state index contributed by atoms with van der Waals surface area (Å²) in [5, 5.41) is 1.10. The van der Waals surface area contributed by atoms with Gasteiger partial charge in [0.15, 0.2) is 0 Å². The molecule has 0 atom stereocenters. The van der Waals surface area contributed by atoms with E-state index in [1.54, 1.807) is 0 Å². The van der Waals surface area contributed by atoms with E-state index in [1.807, 2.05) is 0 Å². The third-order valence-corrected chi connectivity index (χ3v) is 4.22. The molecular formula is C21H29Br. The maximum atomic E-state index is 3.42. The van der Waals surface area contributed by atoms with Crippen LogP contribution in [0.5, 0.6) is 0 Å². The van der Waals surface area contributed by atoms with Crippen LogP contribution in [-0.4, -0.2) is 5.33 Å². The van der Waals surface area contributed by atoms with Crippen LogP contribution in [0.4, 0.5) is 0 Å². The molecule has 1 heteroatoms. The van der Waals surface area contributed by atoms with E-state index in [4.69, 9.17) is 0 Å². The van der Waals surface area contributed by atoms with Crippen LogP contribution in [0.3, 0.4) is 0 Å². The highest BCUT2D eigenvalue weighted by atomic mass is 79.9. The van der Waals surface area contributed by atoms with Crippen molar-refractivity contribution in [2.24, 2.45) is 0 Å². The third-order valence-electron chi connectivity index (χ3n) is 3.66. The van der Waals surface area contributed by atoms with Crippen LogP contribution in [0.25, 0.3) is 0 Å². The predicted molar refractivity (Wildman–Crippen MR) is 103 cm³/mol. The first-order valence-corrected chi connectivity index (χ1v) is 9.45. The summed E-state index contributed by atoms with van der Waals surface area (Å²) in [5.74, 6) is 0. The number of rotatable bonds is 6. The molecule has 0 bridgehead atoms. The number of hydrogen-bond acceptors (Lipinski definition) is 0. The highest BCUT2D eigenvalue weighted by Gasteiger charge is 1.91. The van der Waals surface area contributed by atoms with Gasteiger partial charge < -0.3 is 0 Å². The molecular weight excluding hydrogens is 332 g/mol. The number of unbranched alkanes of at least 4 members (excludes halogenated alkanes) is 1. The fourth-order valence-corrected chi connectivity index (χ4v) is 2.44. The first kappa shape index (κ1) is 19.0. The minimum absolute atomic E-state index is 1.10. The van der Waals surface area contributed by atoms with Crippen LogP contribution >= 0.6 is 15.9 Å². The average Bonchev–Trinajstić information content (AvgIpc) is 2.54. The van der Waals surface area contributed by atoms with Crippen LogP contribution in [0, 0.1) is 13.8 Å². The second-order valence-corrected chi connectivity index (χ2v) is 6.66. The topological polar surface area (TPSA) is 0 Å². The minimum Gasteiger partial charge on any atom is -0.0928 e. The monoisotopic (exact) mass is 360 g/mol. The lowest BCUT2D eigenvalue weighted by Gasteiger charge is -1.99. The molecule has 0 radical (unpaired) electrons. The summed E-state index contributed by atoms with van der Waals surface area (Å²) in [6.45, 7) is 6.48. The lowest BCUT2D eigenvalue weighted by atomic mass is 10.1. The molecule has 0 spiro atoms. The zero-order valence-electron chi connectivity index (χ0n) is 14.2. The Labute approximate surface area is 145 Å². The molecule has 0 aliphatic carbocycles. The van der Waals surface area contributed by atoms with Crippen LogP contribution in [0.15, 0.2) is 48.5 Å². The zero-order chi connectivity index (χ0) is 16.2. The molecule has 0 aliphatic rings. The van der Waals surface area contributed by atoms with Gasteiger partial charge in [0.1, 0.15) is 0 Å². The molecule has 120 valence electrons. The van der Waals surface area contributed by atoms with Crippen molar-refractivity contribution in [3.63, 3.8) is 0 Å². The number of alkyl halides is 1. The van der Waals surface area contributed by atoms with E-state index >= 15 is 0 Å². The predicted octanol–water partition coefficient (Wildman–Crippen LogP) is 6.66. The summed E-state index contributed by atoms with van der Waals surface area (Å²) >= 11 is 3.42. The number of halogens is 1. The Kier molecular flexibility index (Phi) is 9.90. The van der Waals surface area contributed by atoms with E-state index in [2.05, 4.69) is 85.2 Å². The first-order valence-electron chi connectivity index (χ1n) is 8.32. The molecule has 2 aromatic carbocycles. The molecule has 2 aromatic rings. The van der Waals surface area contributed by atoms with Gasteiger partial charge in [-0.15, -0.1) is 0 Å². The molecule has 2 rings (SSSR count). The van der Waals surface area contributed by atoms with Crippen molar-refractivity contribution in [3.05, 3.63) is 70.8 Å². The highest BCUT2D eigenvalue weighted by Crippen LogP contribution is 2.07. The summed E-state index contributed by atoms with van der Waals surface area (Å²) in [6, 6.07) is 17.6. The van der Waals surface area contributed by atoms with E-state index in [1.165, 1.54) is 54.4 Å². The Bertz CT molecular complexity index is 447. The lowest BCUT2D eigenvalue weighted by Crippen LogP contribution is -1.85. The number of aryl methyl sites for hydroxylation is 4. The molecule has 0 unspecified atom stereocenters. The van der Waals surface area contributed by atoms with Crippen molar-refractivity contribution in [2.75, 3.05) is 5.33 Å². The standard InChI is InChI=1S/C11H16.C10H13Br/c1-3-4-5-11-8-6-10(2)7-9-11;1-9-4-6-10(7-5-9)3-2-8-11/h6-9H,3-5H2,1-2H3;4-7H,2-3,8H2,1H3. The van der Waals surface area contributed by atoms with Crippen LogP contribution in [-0.2, 0) is 12.8 Å².